The van der Waals surface area contributed by atoms with Crippen molar-refractivity contribution in [1.29, 1.82) is 0 Å². The van der Waals surface area contributed by atoms with E-state index in [1.54, 1.807) is 12.1 Å². The summed E-state index contributed by atoms with van der Waals surface area (Å²) in [5, 5.41) is 2.97. The standard InChI is InChI=1S/C9H12FN/c1-7(10)8-3-5-9(11-2)6-4-8/h3-7,11H,1-2H3. The van der Waals surface area contributed by atoms with Crippen LogP contribution in [-0.2, 0) is 0 Å². The van der Waals surface area contributed by atoms with Gasteiger partial charge in [0.1, 0.15) is 6.17 Å². The molecule has 0 saturated carbocycles. The first-order valence-corrected chi connectivity index (χ1v) is 3.66. The largest absolute Gasteiger partial charge is 0.388 e. The quantitative estimate of drug-likeness (QED) is 0.688. The minimum absolute atomic E-state index is 0.726. The monoisotopic (exact) mass is 153 g/mol. The van der Waals surface area contributed by atoms with Gasteiger partial charge in [-0.25, -0.2) is 4.39 Å². The molecule has 0 spiro atoms. The third-order valence-electron chi connectivity index (χ3n) is 1.66. The van der Waals surface area contributed by atoms with Crippen LogP contribution in [0.15, 0.2) is 24.3 Å². The summed E-state index contributed by atoms with van der Waals surface area (Å²) in [5.74, 6) is 0. The van der Waals surface area contributed by atoms with Crippen molar-refractivity contribution < 1.29 is 4.39 Å². The molecule has 0 radical (unpaired) electrons. The Morgan fingerprint density at radius 2 is 1.82 bits per heavy atom. The Kier molecular flexibility index (Phi) is 2.47. The van der Waals surface area contributed by atoms with Gasteiger partial charge in [-0.05, 0) is 24.6 Å². The number of nitrogens with one attached hydrogen (secondary N) is 1. The smallest absolute Gasteiger partial charge is 0.122 e. The zero-order chi connectivity index (χ0) is 8.27. The molecular weight excluding hydrogens is 141 g/mol. The number of halogens is 1. The second kappa shape index (κ2) is 3.37. The van der Waals surface area contributed by atoms with Crippen molar-refractivity contribution in [2.45, 2.75) is 13.1 Å². The van der Waals surface area contributed by atoms with Gasteiger partial charge in [-0.15, -0.1) is 0 Å². The average molecular weight is 153 g/mol. The lowest BCUT2D eigenvalue weighted by Crippen LogP contribution is -1.89. The fourth-order valence-electron chi connectivity index (χ4n) is 0.915. The van der Waals surface area contributed by atoms with E-state index in [9.17, 15) is 4.39 Å². The number of hydrogen-bond donors (Lipinski definition) is 1. The Bertz CT molecular complexity index is 216. The second-order valence-corrected chi connectivity index (χ2v) is 2.49. The summed E-state index contributed by atoms with van der Waals surface area (Å²) >= 11 is 0. The Morgan fingerprint density at radius 3 is 2.18 bits per heavy atom. The molecule has 1 N–H and O–H groups in total. The molecule has 0 aromatic heterocycles. The third-order valence-corrected chi connectivity index (χ3v) is 1.66. The molecule has 0 aliphatic rings. The number of alkyl halides is 1. The van der Waals surface area contributed by atoms with Gasteiger partial charge < -0.3 is 5.32 Å². The van der Waals surface area contributed by atoms with Crippen LogP contribution >= 0.6 is 0 Å². The summed E-state index contributed by atoms with van der Waals surface area (Å²) in [6, 6.07) is 7.31. The van der Waals surface area contributed by atoms with Crippen molar-refractivity contribution in [3.8, 4) is 0 Å². The summed E-state index contributed by atoms with van der Waals surface area (Å²) in [7, 11) is 1.84. The zero-order valence-corrected chi connectivity index (χ0v) is 6.76. The summed E-state index contributed by atoms with van der Waals surface area (Å²) in [4.78, 5) is 0. The summed E-state index contributed by atoms with van der Waals surface area (Å²) in [6.07, 6.45) is -0.874. The van der Waals surface area contributed by atoms with E-state index in [4.69, 9.17) is 0 Å². The Hall–Kier alpha value is -1.05. The van der Waals surface area contributed by atoms with E-state index in [-0.39, 0.29) is 0 Å². The number of benzene rings is 1. The van der Waals surface area contributed by atoms with Crippen LogP contribution < -0.4 is 5.32 Å². The van der Waals surface area contributed by atoms with Gasteiger partial charge in [0, 0.05) is 12.7 Å². The van der Waals surface area contributed by atoms with Crippen LogP contribution in [0.25, 0.3) is 0 Å². The molecule has 1 aromatic rings. The van der Waals surface area contributed by atoms with Gasteiger partial charge in [-0.3, -0.25) is 0 Å². The molecule has 0 fully saturated rings. The number of rotatable bonds is 2. The molecule has 2 heteroatoms. The van der Waals surface area contributed by atoms with E-state index >= 15 is 0 Å². The Morgan fingerprint density at radius 1 is 1.27 bits per heavy atom. The van der Waals surface area contributed by atoms with Gasteiger partial charge in [-0.2, -0.15) is 0 Å². The third kappa shape index (κ3) is 1.93. The van der Waals surface area contributed by atoms with E-state index in [2.05, 4.69) is 5.32 Å². The van der Waals surface area contributed by atoms with Gasteiger partial charge in [0.05, 0.1) is 0 Å². The topological polar surface area (TPSA) is 12.0 Å². The SMILES string of the molecule is CNc1ccc(C(C)F)cc1. The molecule has 1 rings (SSSR count). The summed E-state index contributed by atoms with van der Waals surface area (Å²) < 4.78 is 12.6. The van der Waals surface area contributed by atoms with Crippen LogP contribution in [0.4, 0.5) is 10.1 Å². The predicted octanol–water partition coefficient (Wildman–Crippen LogP) is 2.76. The predicted molar refractivity (Wildman–Crippen MR) is 45.5 cm³/mol. The highest BCUT2D eigenvalue weighted by Crippen LogP contribution is 2.17. The number of hydrogen-bond acceptors (Lipinski definition) is 1. The lowest BCUT2D eigenvalue weighted by Gasteiger charge is -2.03. The van der Waals surface area contributed by atoms with Crippen LogP contribution in [0.2, 0.25) is 0 Å². The normalized spacial score (nSPS) is 12.6. The molecule has 60 valence electrons. The van der Waals surface area contributed by atoms with Crippen LogP contribution in [0.3, 0.4) is 0 Å². The second-order valence-electron chi connectivity index (χ2n) is 2.49. The summed E-state index contributed by atoms with van der Waals surface area (Å²) in [6.45, 7) is 1.54. The van der Waals surface area contributed by atoms with Crippen molar-refractivity contribution in [2.24, 2.45) is 0 Å². The highest BCUT2D eigenvalue weighted by molar-refractivity contribution is 5.44. The fraction of sp³-hybridized carbons (Fsp3) is 0.333. The van der Waals surface area contributed by atoms with Gasteiger partial charge >= 0.3 is 0 Å². The average Bonchev–Trinajstić information content (AvgIpc) is 2.05. The van der Waals surface area contributed by atoms with Crippen LogP contribution in [0.1, 0.15) is 18.7 Å². The van der Waals surface area contributed by atoms with Crippen LogP contribution in [-0.4, -0.2) is 7.05 Å². The molecule has 0 amide bonds. The Labute approximate surface area is 66.2 Å². The maximum absolute atomic E-state index is 12.6. The molecule has 1 nitrogen and oxygen atoms in total. The molecule has 1 unspecified atom stereocenters. The number of anilines is 1. The maximum Gasteiger partial charge on any atom is 0.122 e. The molecule has 0 saturated heterocycles. The molecule has 11 heavy (non-hydrogen) atoms. The maximum atomic E-state index is 12.6. The van der Waals surface area contributed by atoms with Crippen LogP contribution in [0, 0.1) is 0 Å². The van der Waals surface area contributed by atoms with Crippen molar-refractivity contribution in [3.05, 3.63) is 29.8 Å². The first kappa shape index (κ1) is 8.05. The molecule has 1 aromatic carbocycles. The molecule has 1 atom stereocenters. The minimum Gasteiger partial charge on any atom is -0.388 e. The van der Waals surface area contributed by atoms with Crippen molar-refractivity contribution in [3.63, 3.8) is 0 Å². The van der Waals surface area contributed by atoms with Gasteiger partial charge in [-0.1, -0.05) is 12.1 Å². The molecule has 0 aliphatic heterocycles. The van der Waals surface area contributed by atoms with Gasteiger partial charge in [0.25, 0.3) is 0 Å². The minimum atomic E-state index is -0.874. The first-order chi connectivity index (χ1) is 5.24. The highest BCUT2D eigenvalue weighted by atomic mass is 19.1. The molecule has 0 aliphatic carbocycles. The summed E-state index contributed by atoms with van der Waals surface area (Å²) in [5.41, 5.74) is 1.73. The van der Waals surface area contributed by atoms with E-state index in [0.717, 1.165) is 11.3 Å². The van der Waals surface area contributed by atoms with Gasteiger partial charge in [0.15, 0.2) is 0 Å². The van der Waals surface area contributed by atoms with Crippen molar-refractivity contribution >= 4 is 5.69 Å². The lowest BCUT2D eigenvalue weighted by molar-refractivity contribution is 0.374. The molecule has 0 bridgehead atoms. The van der Waals surface area contributed by atoms with Gasteiger partial charge in [0.2, 0.25) is 0 Å². The first-order valence-electron chi connectivity index (χ1n) is 3.66. The lowest BCUT2D eigenvalue weighted by atomic mass is 10.1. The van der Waals surface area contributed by atoms with E-state index < -0.39 is 6.17 Å². The fourth-order valence-corrected chi connectivity index (χ4v) is 0.915. The molecule has 0 heterocycles. The Balaban J connectivity index is 2.83. The zero-order valence-electron chi connectivity index (χ0n) is 6.76. The van der Waals surface area contributed by atoms with E-state index in [0.29, 0.717) is 0 Å². The highest BCUT2D eigenvalue weighted by Gasteiger charge is 2.00. The van der Waals surface area contributed by atoms with Crippen LogP contribution in [0.5, 0.6) is 0 Å². The van der Waals surface area contributed by atoms with E-state index in [1.165, 1.54) is 6.92 Å². The van der Waals surface area contributed by atoms with E-state index in [1.807, 2.05) is 19.2 Å². The molecular formula is C9H12FN. The van der Waals surface area contributed by atoms with Crippen molar-refractivity contribution in [1.82, 2.24) is 0 Å². The van der Waals surface area contributed by atoms with Crippen molar-refractivity contribution in [2.75, 3.05) is 12.4 Å².